The number of phenolic OH excluding ortho intramolecular Hbond substituents is 2. The first-order chi connectivity index (χ1) is 11.4. The number of nitrogens with zero attached hydrogens (tertiary/aromatic N) is 2. The van der Waals surface area contributed by atoms with Gasteiger partial charge in [-0.25, -0.2) is 4.90 Å². The average Bonchev–Trinajstić information content (AvgIpc) is 3.07. The van der Waals surface area contributed by atoms with Crippen LogP contribution in [0.25, 0.3) is 6.08 Å². The van der Waals surface area contributed by atoms with Crippen LogP contribution in [0.5, 0.6) is 11.5 Å². The zero-order valence-corrected chi connectivity index (χ0v) is 12.5. The molecule has 1 saturated heterocycles. The number of furan rings is 1. The van der Waals surface area contributed by atoms with E-state index in [1.807, 2.05) is 0 Å². The monoisotopic (exact) mass is 348 g/mol. The maximum Gasteiger partial charge on any atom is 0.433 e. The molecule has 0 saturated carbocycles. The van der Waals surface area contributed by atoms with Gasteiger partial charge in [-0.05, 0) is 30.0 Å². The molecule has 1 aliphatic rings. The van der Waals surface area contributed by atoms with Gasteiger partial charge in [0, 0.05) is 12.1 Å². The summed E-state index contributed by atoms with van der Waals surface area (Å²) in [6.07, 6.45) is 1.20. The highest BCUT2D eigenvalue weighted by Crippen LogP contribution is 2.40. The van der Waals surface area contributed by atoms with E-state index in [1.54, 1.807) is 0 Å². The molecule has 1 aromatic carbocycles. The summed E-state index contributed by atoms with van der Waals surface area (Å²) in [7, 11) is 0. The molecule has 2 heterocycles. The zero-order valence-electron chi connectivity index (χ0n) is 11.7. The smallest absolute Gasteiger partial charge is 0.433 e. The molecular weight excluding hydrogens is 340 g/mol. The summed E-state index contributed by atoms with van der Waals surface area (Å²) >= 11 is 0.597. The SMILES string of the molecule is O=C1S/C(=C\c2ccc([N+](=O)[O-])o2)C(=O)N1c1ccc(O)cc1O. The van der Waals surface area contributed by atoms with E-state index in [9.17, 15) is 29.9 Å². The van der Waals surface area contributed by atoms with Gasteiger partial charge in [0.25, 0.3) is 11.1 Å². The molecule has 1 fully saturated rings. The van der Waals surface area contributed by atoms with Crippen LogP contribution in [0.4, 0.5) is 16.4 Å². The summed E-state index contributed by atoms with van der Waals surface area (Å²) < 4.78 is 4.92. The number of carbonyl (C=O) groups excluding carboxylic acids is 2. The first-order valence-electron chi connectivity index (χ1n) is 6.41. The van der Waals surface area contributed by atoms with Gasteiger partial charge in [-0.3, -0.25) is 19.7 Å². The fourth-order valence-electron chi connectivity index (χ4n) is 2.02. The van der Waals surface area contributed by atoms with Gasteiger partial charge in [-0.1, -0.05) is 0 Å². The second-order valence-corrected chi connectivity index (χ2v) is 5.62. The molecule has 1 aromatic heterocycles. The number of amides is 2. The Kier molecular flexibility index (Phi) is 3.73. The molecule has 1 aliphatic heterocycles. The lowest BCUT2D eigenvalue weighted by Gasteiger charge is -2.13. The minimum Gasteiger partial charge on any atom is -0.508 e. The molecule has 24 heavy (non-hydrogen) atoms. The summed E-state index contributed by atoms with van der Waals surface area (Å²) in [5.41, 5.74) is -0.0795. The minimum atomic E-state index is -0.725. The topological polar surface area (TPSA) is 134 Å². The van der Waals surface area contributed by atoms with Gasteiger partial charge in [0.2, 0.25) is 0 Å². The molecular formula is C14H8N2O7S. The van der Waals surface area contributed by atoms with Gasteiger partial charge in [0.05, 0.1) is 16.7 Å². The maximum absolute atomic E-state index is 12.4. The molecule has 0 aliphatic carbocycles. The third kappa shape index (κ3) is 2.70. The van der Waals surface area contributed by atoms with Gasteiger partial charge in [-0.2, -0.15) is 0 Å². The molecule has 122 valence electrons. The summed E-state index contributed by atoms with van der Waals surface area (Å²) in [5, 5.41) is 29.0. The van der Waals surface area contributed by atoms with Crippen molar-refractivity contribution in [3.05, 3.63) is 51.1 Å². The minimum absolute atomic E-state index is 0.0169. The number of phenols is 2. The Hall–Kier alpha value is -3.27. The number of hydrogen-bond acceptors (Lipinski definition) is 8. The molecule has 2 amide bonds. The van der Waals surface area contributed by atoms with E-state index in [4.69, 9.17) is 4.42 Å². The van der Waals surface area contributed by atoms with Gasteiger partial charge < -0.3 is 14.6 Å². The standard InChI is InChI=1S/C14H8N2O7S/c17-7-1-3-9(10(18)5-7)15-13(19)11(24-14(15)20)6-8-2-4-12(23-8)16(21)22/h1-6,17-18H/b11-6-. The van der Waals surface area contributed by atoms with Crippen molar-refractivity contribution in [2.75, 3.05) is 4.90 Å². The zero-order chi connectivity index (χ0) is 17.4. The molecule has 2 N–H and O–H groups in total. The van der Waals surface area contributed by atoms with Crippen molar-refractivity contribution in [2.24, 2.45) is 0 Å². The highest BCUT2D eigenvalue weighted by atomic mass is 32.2. The van der Waals surface area contributed by atoms with Gasteiger partial charge in [0.1, 0.15) is 22.2 Å². The van der Waals surface area contributed by atoms with Crippen molar-refractivity contribution in [1.29, 1.82) is 0 Å². The predicted octanol–water partition coefficient (Wildman–Crippen LogP) is 2.84. The van der Waals surface area contributed by atoms with E-state index in [0.717, 1.165) is 17.0 Å². The Morgan fingerprint density at radius 1 is 1.21 bits per heavy atom. The number of anilines is 1. The Labute approximate surface area is 137 Å². The van der Waals surface area contributed by atoms with E-state index in [0.29, 0.717) is 11.8 Å². The number of benzene rings is 1. The normalized spacial score (nSPS) is 16.2. The van der Waals surface area contributed by atoms with E-state index < -0.39 is 27.7 Å². The van der Waals surface area contributed by atoms with Gasteiger partial charge in [-0.15, -0.1) is 0 Å². The summed E-state index contributed by atoms with van der Waals surface area (Å²) in [6, 6.07) is 5.86. The summed E-state index contributed by atoms with van der Waals surface area (Å²) in [6.45, 7) is 0. The quantitative estimate of drug-likeness (QED) is 0.491. The van der Waals surface area contributed by atoms with E-state index >= 15 is 0 Å². The lowest BCUT2D eigenvalue weighted by Crippen LogP contribution is -2.27. The lowest BCUT2D eigenvalue weighted by molar-refractivity contribution is -0.402. The number of nitro groups is 1. The molecule has 0 bridgehead atoms. The number of carbonyl (C=O) groups is 2. The van der Waals surface area contributed by atoms with E-state index in [1.165, 1.54) is 24.3 Å². The van der Waals surface area contributed by atoms with Crippen molar-refractivity contribution in [3.63, 3.8) is 0 Å². The predicted molar refractivity (Wildman–Crippen MR) is 83.6 cm³/mol. The second kappa shape index (κ2) is 5.74. The summed E-state index contributed by atoms with van der Waals surface area (Å²) in [5.74, 6) is -1.82. The Balaban J connectivity index is 1.93. The van der Waals surface area contributed by atoms with Crippen molar-refractivity contribution in [2.45, 2.75) is 0 Å². The molecule has 0 unspecified atom stereocenters. The first-order valence-corrected chi connectivity index (χ1v) is 7.22. The number of thioether (sulfide) groups is 1. The number of hydrogen-bond donors (Lipinski definition) is 2. The lowest BCUT2D eigenvalue weighted by atomic mass is 10.2. The Morgan fingerprint density at radius 2 is 1.96 bits per heavy atom. The third-order valence-corrected chi connectivity index (χ3v) is 3.93. The molecule has 2 aromatic rings. The van der Waals surface area contributed by atoms with Crippen LogP contribution >= 0.6 is 11.8 Å². The van der Waals surface area contributed by atoms with E-state index in [2.05, 4.69) is 0 Å². The fourth-order valence-corrected chi connectivity index (χ4v) is 2.84. The van der Waals surface area contributed by atoms with Crippen LogP contribution in [-0.2, 0) is 4.79 Å². The second-order valence-electron chi connectivity index (χ2n) is 4.62. The molecule has 0 spiro atoms. The average molecular weight is 348 g/mol. The van der Waals surface area contributed by atoms with Crippen LogP contribution in [0.2, 0.25) is 0 Å². The highest BCUT2D eigenvalue weighted by Gasteiger charge is 2.38. The van der Waals surface area contributed by atoms with Crippen LogP contribution in [0.15, 0.2) is 39.7 Å². The van der Waals surface area contributed by atoms with Crippen LogP contribution < -0.4 is 4.90 Å². The number of rotatable bonds is 3. The van der Waals surface area contributed by atoms with Crippen LogP contribution in [0.3, 0.4) is 0 Å². The van der Waals surface area contributed by atoms with Crippen molar-refractivity contribution in [3.8, 4) is 11.5 Å². The third-order valence-electron chi connectivity index (χ3n) is 3.06. The Morgan fingerprint density at radius 3 is 2.58 bits per heavy atom. The van der Waals surface area contributed by atoms with Crippen LogP contribution in [0.1, 0.15) is 5.76 Å². The molecule has 0 atom stereocenters. The largest absolute Gasteiger partial charge is 0.508 e. The molecule has 3 rings (SSSR count). The molecule has 0 radical (unpaired) electrons. The number of aromatic hydroxyl groups is 2. The first kappa shape index (κ1) is 15.6. The van der Waals surface area contributed by atoms with E-state index in [-0.39, 0.29) is 22.1 Å². The summed E-state index contributed by atoms with van der Waals surface area (Å²) in [4.78, 5) is 35.0. The fraction of sp³-hybridized carbons (Fsp3) is 0. The van der Waals surface area contributed by atoms with Gasteiger partial charge in [0.15, 0.2) is 0 Å². The molecule has 9 nitrogen and oxygen atoms in total. The van der Waals surface area contributed by atoms with Crippen LogP contribution in [0, 0.1) is 10.1 Å². The maximum atomic E-state index is 12.4. The van der Waals surface area contributed by atoms with Crippen LogP contribution in [-0.4, -0.2) is 26.3 Å². The number of imide groups is 1. The highest BCUT2D eigenvalue weighted by molar-refractivity contribution is 8.19. The Bertz CT molecular complexity index is 902. The van der Waals surface area contributed by atoms with Gasteiger partial charge >= 0.3 is 5.88 Å². The van der Waals surface area contributed by atoms with Crippen molar-refractivity contribution in [1.82, 2.24) is 0 Å². The molecule has 10 heteroatoms. The van der Waals surface area contributed by atoms with Crippen molar-refractivity contribution < 1.29 is 29.1 Å². The van der Waals surface area contributed by atoms with Crippen molar-refractivity contribution >= 4 is 40.6 Å².